The second kappa shape index (κ2) is 10.7. The van der Waals surface area contributed by atoms with Gasteiger partial charge in [-0.05, 0) is 69.3 Å². The van der Waals surface area contributed by atoms with Crippen molar-refractivity contribution in [3.8, 4) is 11.3 Å². The topological polar surface area (TPSA) is 78.3 Å². The van der Waals surface area contributed by atoms with Crippen LogP contribution in [0.5, 0.6) is 0 Å². The van der Waals surface area contributed by atoms with Gasteiger partial charge in [-0.1, -0.05) is 24.8 Å². The molecule has 0 fully saturated rings. The van der Waals surface area contributed by atoms with Crippen LogP contribution in [0.3, 0.4) is 0 Å². The SMILES string of the molecule is C=CC(=O)Nc1cc(Nc2nccc(-c3cn4c5c(cccc35)CCC4)n2)c(C)cc1N(C)CCN(C)C. The quantitative estimate of drug-likeness (QED) is 0.301. The lowest BCUT2D eigenvalue weighted by atomic mass is 10.0. The second-order valence-corrected chi connectivity index (χ2v) is 10.1. The summed E-state index contributed by atoms with van der Waals surface area (Å²) in [4.78, 5) is 25.9. The number of benzene rings is 2. The van der Waals surface area contributed by atoms with Crippen LogP contribution in [-0.2, 0) is 17.8 Å². The molecule has 0 saturated carbocycles. The number of hydrogen-bond acceptors (Lipinski definition) is 6. The molecular weight excluding hydrogens is 474 g/mol. The highest BCUT2D eigenvalue weighted by atomic mass is 16.1. The number of aromatic nitrogens is 3. The average molecular weight is 510 g/mol. The van der Waals surface area contributed by atoms with Crippen molar-refractivity contribution in [1.82, 2.24) is 19.4 Å². The van der Waals surface area contributed by atoms with Crippen LogP contribution in [-0.4, -0.2) is 59.6 Å². The van der Waals surface area contributed by atoms with E-state index in [2.05, 4.69) is 67.0 Å². The third-order valence-electron chi connectivity index (χ3n) is 7.08. The van der Waals surface area contributed by atoms with Crippen molar-refractivity contribution in [1.29, 1.82) is 0 Å². The Labute approximate surface area is 224 Å². The minimum Gasteiger partial charge on any atom is -0.372 e. The standard InChI is InChI=1S/C30H35N7O/c1-6-28(38)32-26-18-25(20(2)17-27(26)36(5)16-15-35(3)4)34-30-31-13-12-24(33-30)23-19-37-14-8-10-21-9-7-11-22(23)29(21)37/h6-7,9,11-13,17-19H,1,8,10,14-16H2,2-5H3,(H,32,38)(H,31,33,34). The normalized spacial score (nSPS) is 12.6. The Balaban J connectivity index is 1.48. The van der Waals surface area contributed by atoms with Gasteiger partial charge in [0.05, 0.1) is 22.6 Å². The number of amides is 1. The van der Waals surface area contributed by atoms with Gasteiger partial charge in [0.2, 0.25) is 11.9 Å². The predicted octanol–water partition coefficient (Wildman–Crippen LogP) is 5.22. The van der Waals surface area contributed by atoms with Gasteiger partial charge in [-0.15, -0.1) is 0 Å². The number of likely N-dealkylation sites (N-methyl/N-ethyl adjacent to an activating group) is 2. The lowest BCUT2D eigenvalue weighted by Crippen LogP contribution is -2.29. The van der Waals surface area contributed by atoms with Crippen LogP contribution in [0.15, 0.2) is 61.4 Å². The molecule has 0 atom stereocenters. The zero-order valence-electron chi connectivity index (χ0n) is 22.6. The van der Waals surface area contributed by atoms with Crippen molar-refractivity contribution >= 4 is 39.8 Å². The third kappa shape index (κ3) is 5.13. The van der Waals surface area contributed by atoms with Crippen molar-refractivity contribution in [2.24, 2.45) is 0 Å². The molecular formula is C30H35N7O. The number of nitrogens with zero attached hydrogens (tertiary/aromatic N) is 5. The molecule has 196 valence electrons. The fraction of sp³-hybridized carbons (Fsp3) is 0.300. The van der Waals surface area contributed by atoms with E-state index < -0.39 is 0 Å². The van der Waals surface area contributed by atoms with Gasteiger partial charge in [-0.25, -0.2) is 9.97 Å². The first-order valence-electron chi connectivity index (χ1n) is 13.0. The number of hydrogen-bond donors (Lipinski definition) is 2. The number of carbonyl (C=O) groups is 1. The largest absolute Gasteiger partial charge is 0.372 e. The molecule has 2 N–H and O–H groups in total. The van der Waals surface area contributed by atoms with E-state index in [-0.39, 0.29) is 5.91 Å². The number of para-hydroxylation sites is 1. The van der Waals surface area contributed by atoms with Crippen molar-refractivity contribution in [2.75, 3.05) is 49.8 Å². The van der Waals surface area contributed by atoms with Crippen molar-refractivity contribution in [3.05, 3.63) is 72.6 Å². The number of anilines is 4. The summed E-state index contributed by atoms with van der Waals surface area (Å²) in [5, 5.41) is 7.58. The molecule has 0 aliphatic carbocycles. The van der Waals surface area contributed by atoms with Crippen molar-refractivity contribution in [2.45, 2.75) is 26.3 Å². The Bertz CT molecular complexity index is 1500. The summed E-state index contributed by atoms with van der Waals surface area (Å²) in [5.41, 5.74) is 8.19. The van der Waals surface area contributed by atoms with Gasteiger partial charge < -0.3 is 25.0 Å². The summed E-state index contributed by atoms with van der Waals surface area (Å²) >= 11 is 0. The first-order valence-corrected chi connectivity index (χ1v) is 13.0. The lowest BCUT2D eigenvalue weighted by Gasteiger charge is -2.25. The van der Waals surface area contributed by atoms with Gasteiger partial charge in [0.1, 0.15) is 0 Å². The fourth-order valence-electron chi connectivity index (χ4n) is 5.05. The highest BCUT2D eigenvalue weighted by Gasteiger charge is 2.18. The minimum atomic E-state index is -0.256. The molecule has 5 rings (SSSR count). The van der Waals surface area contributed by atoms with E-state index in [4.69, 9.17) is 4.98 Å². The van der Waals surface area contributed by atoms with Gasteiger partial charge in [-0.3, -0.25) is 4.79 Å². The number of rotatable bonds is 9. The minimum absolute atomic E-state index is 0.256. The number of aryl methyl sites for hydroxylation is 3. The zero-order chi connectivity index (χ0) is 26.8. The summed E-state index contributed by atoms with van der Waals surface area (Å²) in [7, 11) is 6.12. The van der Waals surface area contributed by atoms with E-state index >= 15 is 0 Å². The molecule has 2 aromatic heterocycles. The molecule has 4 aromatic rings. The van der Waals surface area contributed by atoms with E-state index in [9.17, 15) is 4.79 Å². The summed E-state index contributed by atoms with van der Waals surface area (Å²) in [6, 6.07) is 12.5. The lowest BCUT2D eigenvalue weighted by molar-refractivity contribution is -0.111. The van der Waals surface area contributed by atoms with Gasteiger partial charge in [0.15, 0.2) is 0 Å². The van der Waals surface area contributed by atoms with Gasteiger partial charge in [-0.2, -0.15) is 0 Å². The Morgan fingerprint density at radius 3 is 2.79 bits per heavy atom. The van der Waals surface area contributed by atoms with Crippen LogP contribution in [0.25, 0.3) is 22.2 Å². The van der Waals surface area contributed by atoms with Gasteiger partial charge in [0, 0.05) is 55.7 Å². The van der Waals surface area contributed by atoms with E-state index in [1.54, 1.807) is 6.20 Å². The Hall–Kier alpha value is -4.17. The van der Waals surface area contributed by atoms with E-state index in [0.29, 0.717) is 11.6 Å². The van der Waals surface area contributed by atoms with Gasteiger partial charge >= 0.3 is 0 Å². The first kappa shape index (κ1) is 25.5. The molecule has 1 aliphatic heterocycles. The summed E-state index contributed by atoms with van der Waals surface area (Å²) in [6.45, 7) is 8.38. The molecule has 8 nitrogen and oxygen atoms in total. The molecule has 38 heavy (non-hydrogen) atoms. The zero-order valence-corrected chi connectivity index (χ0v) is 22.6. The maximum atomic E-state index is 12.2. The van der Waals surface area contributed by atoms with Crippen LogP contribution < -0.4 is 15.5 Å². The second-order valence-electron chi connectivity index (χ2n) is 10.1. The van der Waals surface area contributed by atoms with E-state index in [1.807, 2.05) is 40.2 Å². The van der Waals surface area contributed by atoms with Crippen LogP contribution in [0, 0.1) is 6.92 Å². The molecule has 0 radical (unpaired) electrons. The molecule has 0 unspecified atom stereocenters. The summed E-state index contributed by atoms with van der Waals surface area (Å²) < 4.78 is 2.35. The molecule has 1 amide bonds. The maximum Gasteiger partial charge on any atom is 0.247 e. The number of nitrogens with one attached hydrogen (secondary N) is 2. The fourth-order valence-corrected chi connectivity index (χ4v) is 5.05. The maximum absolute atomic E-state index is 12.2. The molecule has 8 heteroatoms. The molecule has 0 bridgehead atoms. The van der Waals surface area contributed by atoms with Crippen molar-refractivity contribution in [3.63, 3.8) is 0 Å². The molecule has 0 saturated heterocycles. The summed E-state index contributed by atoms with van der Waals surface area (Å²) in [5.74, 6) is 0.251. The van der Waals surface area contributed by atoms with Gasteiger partial charge in [0.25, 0.3) is 0 Å². The molecule has 1 aliphatic rings. The smallest absolute Gasteiger partial charge is 0.247 e. The molecule has 2 aromatic carbocycles. The van der Waals surface area contributed by atoms with Crippen LogP contribution in [0.2, 0.25) is 0 Å². The van der Waals surface area contributed by atoms with Crippen LogP contribution in [0.1, 0.15) is 17.5 Å². The highest BCUT2D eigenvalue weighted by Crippen LogP contribution is 2.36. The Morgan fingerprint density at radius 1 is 1.16 bits per heavy atom. The Kier molecular flexibility index (Phi) is 7.15. The third-order valence-corrected chi connectivity index (χ3v) is 7.08. The van der Waals surface area contributed by atoms with E-state index in [1.165, 1.54) is 22.5 Å². The predicted molar refractivity (Wildman–Crippen MR) is 156 cm³/mol. The molecule has 3 heterocycles. The van der Waals surface area contributed by atoms with E-state index in [0.717, 1.165) is 60.7 Å². The van der Waals surface area contributed by atoms with Crippen LogP contribution in [0.4, 0.5) is 23.0 Å². The molecule has 0 spiro atoms. The Morgan fingerprint density at radius 2 is 2.00 bits per heavy atom. The highest BCUT2D eigenvalue weighted by molar-refractivity contribution is 6.02. The summed E-state index contributed by atoms with van der Waals surface area (Å²) in [6.07, 6.45) is 7.55. The van der Waals surface area contributed by atoms with Crippen molar-refractivity contribution < 1.29 is 4.79 Å². The van der Waals surface area contributed by atoms with Crippen LogP contribution >= 0.6 is 0 Å². The average Bonchev–Trinajstić information content (AvgIpc) is 3.29. The first-order chi connectivity index (χ1) is 18.3. The monoisotopic (exact) mass is 509 g/mol. The number of carbonyl (C=O) groups excluding carboxylic acids is 1.